The van der Waals surface area contributed by atoms with E-state index in [2.05, 4.69) is 5.32 Å². The molecule has 4 heteroatoms. The maximum Gasteiger partial charge on any atom is 0.236 e. The minimum absolute atomic E-state index is 0. The zero-order valence-corrected chi connectivity index (χ0v) is 7.49. The molecule has 1 aliphatic rings. The van der Waals surface area contributed by atoms with Crippen LogP contribution in [-0.2, 0) is 4.79 Å². The fraction of sp³-hybridized carbons (Fsp3) is 0.857. The summed E-state index contributed by atoms with van der Waals surface area (Å²) in [6, 6.07) is 0.0547. The molecule has 0 spiro atoms. The minimum atomic E-state index is -0.361. The Balaban J connectivity index is 0.000001000. The molecule has 3 N–H and O–H groups in total. The maximum atomic E-state index is 10.9. The smallest absolute Gasteiger partial charge is 0.236 e. The molecule has 0 radical (unpaired) electrons. The molecule has 0 bridgehead atoms. The molecule has 1 rings (SSSR count). The molecule has 1 amide bonds. The fourth-order valence-corrected chi connectivity index (χ4v) is 0.885. The van der Waals surface area contributed by atoms with Crippen molar-refractivity contribution in [1.29, 1.82) is 0 Å². The van der Waals surface area contributed by atoms with Crippen LogP contribution in [0.5, 0.6) is 0 Å². The lowest BCUT2D eigenvalue weighted by molar-refractivity contribution is -0.123. The first-order chi connectivity index (χ1) is 4.70. The van der Waals surface area contributed by atoms with E-state index in [4.69, 9.17) is 5.73 Å². The molecule has 0 aliphatic heterocycles. The van der Waals surface area contributed by atoms with Crippen molar-refractivity contribution < 1.29 is 4.79 Å². The van der Waals surface area contributed by atoms with Crippen molar-refractivity contribution in [2.45, 2.75) is 38.3 Å². The van der Waals surface area contributed by atoms with Gasteiger partial charge < -0.3 is 11.1 Å². The molecule has 1 saturated carbocycles. The average molecular weight is 179 g/mol. The number of carbonyl (C=O) groups excluding carboxylic acids is 1. The SMILES string of the molecule is C[C@@H](N)C(=O)NC1CCC1.Cl. The van der Waals surface area contributed by atoms with Crippen molar-refractivity contribution in [2.75, 3.05) is 0 Å². The maximum absolute atomic E-state index is 10.9. The van der Waals surface area contributed by atoms with Crippen LogP contribution in [-0.4, -0.2) is 18.0 Å². The van der Waals surface area contributed by atoms with Crippen molar-refractivity contribution >= 4 is 18.3 Å². The summed E-state index contributed by atoms with van der Waals surface area (Å²) in [6.07, 6.45) is 3.49. The quantitative estimate of drug-likeness (QED) is 0.644. The highest BCUT2D eigenvalue weighted by Gasteiger charge is 2.20. The van der Waals surface area contributed by atoms with E-state index in [0.29, 0.717) is 6.04 Å². The van der Waals surface area contributed by atoms with E-state index in [1.165, 1.54) is 6.42 Å². The first kappa shape index (κ1) is 10.7. The zero-order valence-electron chi connectivity index (χ0n) is 6.67. The standard InChI is InChI=1S/C7H14N2O.ClH/c1-5(8)7(10)9-6-3-2-4-6;/h5-6H,2-4,8H2,1H3,(H,9,10);1H/t5-;/m1./s1. The molecule has 0 unspecified atom stereocenters. The molecule has 1 fully saturated rings. The number of hydrogen-bond donors (Lipinski definition) is 2. The molecule has 66 valence electrons. The van der Waals surface area contributed by atoms with Crippen LogP contribution in [0.1, 0.15) is 26.2 Å². The Kier molecular flexibility index (Phi) is 4.45. The molecule has 0 saturated heterocycles. The molecule has 1 atom stereocenters. The van der Waals surface area contributed by atoms with Gasteiger partial charge in [-0.3, -0.25) is 4.79 Å². The second kappa shape index (κ2) is 4.57. The van der Waals surface area contributed by atoms with Crippen molar-refractivity contribution in [3.05, 3.63) is 0 Å². The van der Waals surface area contributed by atoms with Gasteiger partial charge in [0, 0.05) is 6.04 Å². The van der Waals surface area contributed by atoms with Gasteiger partial charge in [-0.05, 0) is 26.2 Å². The van der Waals surface area contributed by atoms with Gasteiger partial charge in [-0.25, -0.2) is 0 Å². The molecular weight excluding hydrogens is 164 g/mol. The van der Waals surface area contributed by atoms with Gasteiger partial charge in [-0.15, -0.1) is 12.4 Å². The molecule has 0 aromatic rings. The number of carbonyl (C=O) groups is 1. The van der Waals surface area contributed by atoms with Crippen LogP contribution in [0.4, 0.5) is 0 Å². The van der Waals surface area contributed by atoms with Crippen LogP contribution >= 0.6 is 12.4 Å². The van der Waals surface area contributed by atoms with Gasteiger partial charge in [-0.2, -0.15) is 0 Å². The van der Waals surface area contributed by atoms with Gasteiger partial charge >= 0.3 is 0 Å². The summed E-state index contributed by atoms with van der Waals surface area (Å²) in [5, 5.41) is 2.85. The lowest BCUT2D eigenvalue weighted by Gasteiger charge is -2.27. The van der Waals surface area contributed by atoms with Gasteiger partial charge in [-0.1, -0.05) is 0 Å². The first-order valence-electron chi connectivity index (χ1n) is 3.76. The Labute approximate surface area is 73.1 Å². The predicted octanol–water partition coefficient (Wildman–Crippen LogP) is 0.424. The van der Waals surface area contributed by atoms with Crippen molar-refractivity contribution in [3.8, 4) is 0 Å². The summed E-state index contributed by atoms with van der Waals surface area (Å²) < 4.78 is 0. The highest BCUT2D eigenvalue weighted by atomic mass is 35.5. The molecule has 0 heterocycles. The number of nitrogens with one attached hydrogen (secondary N) is 1. The van der Waals surface area contributed by atoms with Crippen LogP contribution in [0, 0.1) is 0 Å². The Morgan fingerprint density at radius 1 is 1.64 bits per heavy atom. The fourth-order valence-electron chi connectivity index (χ4n) is 0.885. The van der Waals surface area contributed by atoms with Gasteiger partial charge in [0.1, 0.15) is 0 Å². The second-order valence-electron chi connectivity index (χ2n) is 2.93. The summed E-state index contributed by atoms with van der Waals surface area (Å²) >= 11 is 0. The summed E-state index contributed by atoms with van der Waals surface area (Å²) in [4.78, 5) is 10.9. The van der Waals surface area contributed by atoms with Gasteiger partial charge in [0.15, 0.2) is 0 Å². The van der Waals surface area contributed by atoms with E-state index in [9.17, 15) is 4.79 Å². The predicted molar refractivity (Wildman–Crippen MR) is 46.7 cm³/mol. The first-order valence-corrected chi connectivity index (χ1v) is 3.76. The van der Waals surface area contributed by atoms with E-state index in [1.54, 1.807) is 6.92 Å². The molecule has 3 nitrogen and oxygen atoms in total. The van der Waals surface area contributed by atoms with Crippen LogP contribution in [0.2, 0.25) is 0 Å². The number of hydrogen-bond acceptors (Lipinski definition) is 2. The third kappa shape index (κ3) is 3.08. The van der Waals surface area contributed by atoms with Crippen LogP contribution < -0.4 is 11.1 Å². The zero-order chi connectivity index (χ0) is 7.56. The highest BCUT2D eigenvalue weighted by molar-refractivity contribution is 5.85. The van der Waals surface area contributed by atoms with Crippen molar-refractivity contribution in [3.63, 3.8) is 0 Å². The Morgan fingerprint density at radius 2 is 2.18 bits per heavy atom. The third-order valence-corrected chi connectivity index (χ3v) is 1.87. The Hall–Kier alpha value is -0.280. The Bertz CT molecular complexity index is 134. The lowest BCUT2D eigenvalue weighted by atomic mass is 9.93. The van der Waals surface area contributed by atoms with E-state index in [0.717, 1.165) is 12.8 Å². The van der Waals surface area contributed by atoms with E-state index in [1.807, 2.05) is 0 Å². The topological polar surface area (TPSA) is 55.1 Å². The monoisotopic (exact) mass is 178 g/mol. The van der Waals surface area contributed by atoms with Crippen LogP contribution in [0.25, 0.3) is 0 Å². The van der Waals surface area contributed by atoms with Crippen molar-refractivity contribution in [2.24, 2.45) is 5.73 Å². The third-order valence-electron chi connectivity index (χ3n) is 1.87. The largest absolute Gasteiger partial charge is 0.352 e. The van der Waals surface area contributed by atoms with Crippen LogP contribution in [0.3, 0.4) is 0 Å². The summed E-state index contributed by atoms with van der Waals surface area (Å²) in [6.45, 7) is 1.70. The molecule has 1 aliphatic carbocycles. The van der Waals surface area contributed by atoms with E-state index < -0.39 is 0 Å². The summed E-state index contributed by atoms with van der Waals surface area (Å²) in [5.74, 6) is -0.0234. The van der Waals surface area contributed by atoms with E-state index in [-0.39, 0.29) is 24.4 Å². The molecule has 0 aromatic heterocycles. The molecule has 0 aromatic carbocycles. The van der Waals surface area contributed by atoms with Crippen LogP contribution in [0.15, 0.2) is 0 Å². The average Bonchev–Trinajstić information content (AvgIpc) is 1.77. The Morgan fingerprint density at radius 3 is 2.45 bits per heavy atom. The minimum Gasteiger partial charge on any atom is -0.352 e. The number of halogens is 1. The number of amides is 1. The van der Waals surface area contributed by atoms with Crippen molar-refractivity contribution in [1.82, 2.24) is 5.32 Å². The number of rotatable bonds is 2. The summed E-state index contributed by atoms with van der Waals surface area (Å²) in [7, 11) is 0. The highest BCUT2D eigenvalue weighted by Crippen LogP contribution is 2.17. The number of nitrogens with two attached hydrogens (primary N) is 1. The summed E-state index contributed by atoms with van der Waals surface area (Å²) in [5.41, 5.74) is 5.35. The van der Waals surface area contributed by atoms with E-state index >= 15 is 0 Å². The normalized spacial score (nSPS) is 19.5. The van der Waals surface area contributed by atoms with Gasteiger partial charge in [0.2, 0.25) is 5.91 Å². The molecule has 11 heavy (non-hydrogen) atoms. The van der Waals surface area contributed by atoms with Gasteiger partial charge in [0.25, 0.3) is 0 Å². The second-order valence-corrected chi connectivity index (χ2v) is 2.93. The lowest BCUT2D eigenvalue weighted by Crippen LogP contribution is -2.46. The molecular formula is C7H15ClN2O. The van der Waals surface area contributed by atoms with Gasteiger partial charge in [0.05, 0.1) is 6.04 Å².